The van der Waals surface area contributed by atoms with Gasteiger partial charge in [0, 0.05) is 6.42 Å². The molecule has 2 amide bonds. The number of benzene rings is 1. The molecule has 0 unspecified atom stereocenters. The van der Waals surface area contributed by atoms with Crippen molar-refractivity contribution < 1.29 is 14.7 Å². The minimum absolute atomic E-state index is 0.0937. The maximum Gasteiger partial charge on any atom is 0.242 e. The van der Waals surface area contributed by atoms with E-state index in [1.807, 2.05) is 30.3 Å². The van der Waals surface area contributed by atoms with Crippen molar-refractivity contribution in [2.24, 2.45) is 0 Å². The molecule has 1 aromatic rings. The molecule has 2 rings (SSSR count). The Balaban J connectivity index is 1.88. The van der Waals surface area contributed by atoms with Crippen LogP contribution in [0, 0.1) is 0 Å². The lowest BCUT2D eigenvalue weighted by Gasteiger charge is -2.19. The van der Waals surface area contributed by atoms with Crippen LogP contribution in [0.1, 0.15) is 18.4 Å². The Kier molecular flexibility index (Phi) is 4.52. The highest BCUT2D eigenvalue weighted by atomic mass is 16.3. The molecule has 19 heavy (non-hydrogen) atoms. The fourth-order valence-corrected chi connectivity index (χ4v) is 2.17. The monoisotopic (exact) mass is 262 g/mol. The smallest absolute Gasteiger partial charge is 0.242 e. The molecule has 5 heteroatoms. The van der Waals surface area contributed by atoms with Crippen molar-refractivity contribution in [1.29, 1.82) is 0 Å². The summed E-state index contributed by atoms with van der Waals surface area (Å²) in [7, 11) is 0. The quantitative estimate of drug-likeness (QED) is 0.698. The first-order valence-electron chi connectivity index (χ1n) is 6.43. The summed E-state index contributed by atoms with van der Waals surface area (Å²) in [5.74, 6) is -0.315. The van der Waals surface area contributed by atoms with Gasteiger partial charge in [-0.05, 0) is 18.4 Å². The minimum Gasteiger partial charge on any atom is -0.394 e. The zero-order chi connectivity index (χ0) is 13.7. The van der Waals surface area contributed by atoms with Gasteiger partial charge in [0.05, 0.1) is 12.6 Å². The van der Waals surface area contributed by atoms with Gasteiger partial charge in [-0.15, -0.1) is 0 Å². The summed E-state index contributed by atoms with van der Waals surface area (Å²) in [5, 5.41) is 14.7. The second-order valence-electron chi connectivity index (χ2n) is 4.74. The van der Waals surface area contributed by atoms with E-state index in [0.717, 1.165) is 5.56 Å². The second-order valence-corrected chi connectivity index (χ2v) is 4.74. The van der Waals surface area contributed by atoms with Crippen molar-refractivity contribution in [3.63, 3.8) is 0 Å². The summed E-state index contributed by atoms with van der Waals surface area (Å²) >= 11 is 0. The van der Waals surface area contributed by atoms with Gasteiger partial charge in [-0.1, -0.05) is 30.3 Å². The van der Waals surface area contributed by atoms with Crippen molar-refractivity contribution >= 4 is 11.8 Å². The Bertz CT molecular complexity index is 447. The summed E-state index contributed by atoms with van der Waals surface area (Å²) < 4.78 is 0. The maximum atomic E-state index is 11.9. The molecule has 1 fully saturated rings. The normalized spacial score (nSPS) is 19.8. The van der Waals surface area contributed by atoms with E-state index in [1.165, 1.54) is 0 Å². The summed E-state index contributed by atoms with van der Waals surface area (Å²) in [6, 6.07) is 8.87. The van der Waals surface area contributed by atoms with Crippen LogP contribution >= 0.6 is 0 Å². The van der Waals surface area contributed by atoms with Crippen molar-refractivity contribution in [3.8, 4) is 0 Å². The van der Waals surface area contributed by atoms with Gasteiger partial charge in [-0.2, -0.15) is 0 Å². The van der Waals surface area contributed by atoms with Gasteiger partial charge in [0.15, 0.2) is 0 Å². The zero-order valence-electron chi connectivity index (χ0n) is 10.6. The van der Waals surface area contributed by atoms with E-state index in [1.54, 1.807) is 0 Å². The molecule has 0 radical (unpaired) electrons. The van der Waals surface area contributed by atoms with Crippen LogP contribution in [0.4, 0.5) is 0 Å². The Hall–Kier alpha value is -1.88. The molecule has 5 nitrogen and oxygen atoms in total. The van der Waals surface area contributed by atoms with E-state index >= 15 is 0 Å². The minimum atomic E-state index is -0.461. The van der Waals surface area contributed by atoms with Crippen LogP contribution in [0.25, 0.3) is 0 Å². The van der Waals surface area contributed by atoms with E-state index in [2.05, 4.69) is 10.6 Å². The van der Waals surface area contributed by atoms with Crippen molar-refractivity contribution in [2.75, 3.05) is 6.61 Å². The molecular formula is C14H18N2O3. The summed E-state index contributed by atoms with van der Waals surface area (Å²) in [4.78, 5) is 23.0. The van der Waals surface area contributed by atoms with Crippen LogP contribution in [0.2, 0.25) is 0 Å². The lowest BCUT2D eigenvalue weighted by atomic mass is 10.1. The molecule has 1 aromatic carbocycles. The molecule has 2 atom stereocenters. The summed E-state index contributed by atoms with van der Waals surface area (Å²) in [5.41, 5.74) is 1.05. The Morgan fingerprint density at radius 2 is 2.16 bits per heavy atom. The standard InChI is InChI=1S/C14H18N2O3/c17-9-11(8-10-4-2-1-3-5-10)15-14(19)12-6-7-13(18)16-12/h1-5,11-12,17H,6-9H2,(H,15,19)(H,16,18)/t11-,12-/m0/s1. The predicted molar refractivity (Wildman–Crippen MR) is 70.3 cm³/mol. The van der Waals surface area contributed by atoms with Gasteiger partial charge in [0.2, 0.25) is 11.8 Å². The SMILES string of the molecule is O=C1CC[C@@H](C(=O)N[C@H](CO)Cc2ccccc2)N1. The van der Waals surface area contributed by atoms with Crippen LogP contribution in [0.5, 0.6) is 0 Å². The topological polar surface area (TPSA) is 78.4 Å². The number of nitrogens with one attached hydrogen (secondary N) is 2. The first-order chi connectivity index (χ1) is 9.19. The second kappa shape index (κ2) is 6.33. The van der Waals surface area contributed by atoms with E-state index in [4.69, 9.17) is 0 Å². The number of hydrogen-bond donors (Lipinski definition) is 3. The molecule has 1 aliphatic rings. The summed E-state index contributed by atoms with van der Waals surface area (Å²) in [6.45, 7) is -0.124. The van der Waals surface area contributed by atoms with Gasteiger partial charge in [-0.3, -0.25) is 9.59 Å². The molecule has 0 aromatic heterocycles. The molecule has 0 saturated carbocycles. The Morgan fingerprint density at radius 3 is 2.74 bits per heavy atom. The molecular weight excluding hydrogens is 244 g/mol. The number of hydrogen-bond acceptors (Lipinski definition) is 3. The van der Waals surface area contributed by atoms with Crippen LogP contribution in [0.3, 0.4) is 0 Å². The highest BCUT2D eigenvalue weighted by Gasteiger charge is 2.28. The molecule has 1 saturated heterocycles. The molecule has 0 spiro atoms. The highest BCUT2D eigenvalue weighted by molar-refractivity contribution is 5.90. The number of carbonyl (C=O) groups excluding carboxylic acids is 2. The largest absolute Gasteiger partial charge is 0.394 e. The number of rotatable bonds is 5. The van der Waals surface area contributed by atoms with Crippen LogP contribution in [-0.2, 0) is 16.0 Å². The van der Waals surface area contributed by atoms with Gasteiger partial charge in [0.25, 0.3) is 0 Å². The van der Waals surface area contributed by atoms with Crippen LogP contribution in [0.15, 0.2) is 30.3 Å². The number of carbonyl (C=O) groups is 2. The zero-order valence-corrected chi connectivity index (χ0v) is 10.6. The van der Waals surface area contributed by atoms with Gasteiger partial charge in [0.1, 0.15) is 6.04 Å². The molecule has 0 aliphatic carbocycles. The Morgan fingerprint density at radius 1 is 1.42 bits per heavy atom. The van der Waals surface area contributed by atoms with Crippen LogP contribution < -0.4 is 10.6 Å². The first-order valence-corrected chi connectivity index (χ1v) is 6.43. The van der Waals surface area contributed by atoms with E-state index in [-0.39, 0.29) is 24.5 Å². The highest BCUT2D eigenvalue weighted by Crippen LogP contribution is 2.08. The maximum absolute atomic E-state index is 11.9. The molecule has 102 valence electrons. The molecule has 3 N–H and O–H groups in total. The first kappa shape index (κ1) is 13.5. The lowest BCUT2D eigenvalue weighted by Crippen LogP contribution is -2.47. The fourth-order valence-electron chi connectivity index (χ4n) is 2.17. The average Bonchev–Trinajstić information content (AvgIpc) is 2.86. The number of aliphatic hydroxyl groups excluding tert-OH is 1. The number of amides is 2. The van der Waals surface area contributed by atoms with Gasteiger partial charge in [-0.25, -0.2) is 0 Å². The molecule has 0 bridgehead atoms. The van der Waals surface area contributed by atoms with Crippen LogP contribution in [-0.4, -0.2) is 35.6 Å². The van der Waals surface area contributed by atoms with Gasteiger partial charge < -0.3 is 15.7 Å². The molecule has 1 heterocycles. The third-order valence-electron chi connectivity index (χ3n) is 3.20. The van der Waals surface area contributed by atoms with Crippen molar-refractivity contribution in [3.05, 3.63) is 35.9 Å². The fraction of sp³-hybridized carbons (Fsp3) is 0.429. The van der Waals surface area contributed by atoms with Crippen molar-refractivity contribution in [1.82, 2.24) is 10.6 Å². The predicted octanol–water partition coefficient (Wildman–Crippen LogP) is -0.0152. The Labute approximate surface area is 112 Å². The van der Waals surface area contributed by atoms with E-state index < -0.39 is 6.04 Å². The average molecular weight is 262 g/mol. The number of aliphatic hydroxyl groups is 1. The molecule has 1 aliphatic heterocycles. The summed E-state index contributed by atoms with van der Waals surface area (Å²) in [6.07, 6.45) is 1.48. The third kappa shape index (κ3) is 3.79. The van der Waals surface area contributed by atoms with E-state index in [9.17, 15) is 14.7 Å². The van der Waals surface area contributed by atoms with E-state index in [0.29, 0.717) is 19.3 Å². The third-order valence-corrected chi connectivity index (χ3v) is 3.20. The lowest BCUT2D eigenvalue weighted by molar-refractivity contribution is -0.126. The van der Waals surface area contributed by atoms with Crippen molar-refractivity contribution in [2.45, 2.75) is 31.3 Å². The van der Waals surface area contributed by atoms with Gasteiger partial charge >= 0.3 is 0 Å².